The van der Waals surface area contributed by atoms with E-state index in [1.54, 1.807) is 6.08 Å². The normalized spacial score (nSPS) is 18.1. The predicted octanol–water partition coefficient (Wildman–Crippen LogP) is 0.174. The molecule has 0 aromatic heterocycles. The second-order valence-corrected chi connectivity index (χ2v) is 2.89. The summed E-state index contributed by atoms with van der Waals surface area (Å²) in [7, 11) is 0. The first-order valence-electron chi connectivity index (χ1n) is 4.00. The van der Waals surface area contributed by atoms with E-state index in [0.29, 0.717) is 17.7 Å². The highest BCUT2D eigenvalue weighted by atomic mass is 16.1. The van der Waals surface area contributed by atoms with Crippen LogP contribution in [0.1, 0.15) is 12.8 Å². The molecule has 4 nitrogen and oxygen atoms in total. The fourth-order valence-corrected chi connectivity index (χ4v) is 1.32. The molecule has 1 atom stereocenters. The summed E-state index contributed by atoms with van der Waals surface area (Å²) in [5.41, 5.74) is 11.8. The number of rotatable bonds is 2. The molecule has 1 rings (SSSR count). The Morgan fingerprint density at radius 3 is 2.85 bits per heavy atom. The molecular formula is C9H11N3O. The minimum absolute atomic E-state index is 0.497. The highest BCUT2D eigenvalue weighted by Gasteiger charge is 2.22. The fourth-order valence-electron chi connectivity index (χ4n) is 1.32. The van der Waals surface area contributed by atoms with Crippen LogP contribution < -0.4 is 11.5 Å². The van der Waals surface area contributed by atoms with Crippen molar-refractivity contribution in [2.75, 3.05) is 0 Å². The van der Waals surface area contributed by atoms with E-state index >= 15 is 0 Å². The van der Waals surface area contributed by atoms with Crippen molar-refractivity contribution in [3.05, 3.63) is 23.4 Å². The van der Waals surface area contributed by atoms with E-state index < -0.39 is 11.8 Å². The summed E-state index contributed by atoms with van der Waals surface area (Å²) < 4.78 is 0. The van der Waals surface area contributed by atoms with Gasteiger partial charge >= 0.3 is 0 Å². The van der Waals surface area contributed by atoms with Crippen molar-refractivity contribution in [1.82, 2.24) is 0 Å². The van der Waals surface area contributed by atoms with E-state index in [1.165, 1.54) is 0 Å². The second kappa shape index (κ2) is 3.76. The molecule has 4 N–H and O–H groups in total. The van der Waals surface area contributed by atoms with Crippen molar-refractivity contribution < 1.29 is 4.79 Å². The molecule has 0 aromatic rings. The van der Waals surface area contributed by atoms with Gasteiger partial charge in [0.1, 0.15) is 5.92 Å². The van der Waals surface area contributed by atoms with E-state index in [1.807, 2.05) is 12.1 Å². The molecule has 1 aliphatic rings. The van der Waals surface area contributed by atoms with Crippen LogP contribution in [0.15, 0.2) is 23.4 Å². The molecule has 0 fully saturated rings. The number of allylic oxidation sites excluding steroid dienone is 2. The largest absolute Gasteiger partial charge is 0.399 e. The fraction of sp³-hybridized carbons (Fsp3) is 0.333. The Morgan fingerprint density at radius 1 is 1.69 bits per heavy atom. The third kappa shape index (κ3) is 1.88. The first-order chi connectivity index (χ1) is 6.16. The molecule has 0 spiro atoms. The average Bonchev–Trinajstić information content (AvgIpc) is 2.09. The van der Waals surface area contributed by atoms with Crippen molar-refractivity contribution in [1.29, 1.82) is 5.26 Å². The second-order valence-electron chi connectivity index (χ2n) is 2.89. The quantitative estimate of drug-likeness (QED) is 0.629. The van der Waals surface area contributed by atoms with E-state index in [2.05, 4.69) is 0 Å². The lowest BCUT2D eigenvalue weighted by Gasteiger charge is -2.15. The van der Waals surface area contributed by atoms with E-state index in [4.69, 9.17) is 16.7 Å². The SMILES string of the molecule is N#CC(C(N)=O)C1=C(N)C=CCC1. The molecule has 13 heavy (non-hydrogen) atoms. The monoisotopic (exact) mass is 177 g/mol. The molecule has 0 aliphatic heterocycles. The Morgan fingerprint density at radius 2 is 2.38 bits per heavy atom. The first-order valence-corrected chi connectivity index (χ1v) is 4.00. The maximum absolute atomic E-state index is 10.9. The highest BCUT2D eigenvalue weighted by Crippen LogP contribution is 2.22. The van der Waals surface area contributed by atoms with Gasteiger partial charge in [0.2, 0.25) is 5.91 Å². The summed E-state index contributed by atoms with van der Waals surface area (Å²) in [5.74, 6) is -1.50. The van der Waals surface area contributed by atoms with Gasteiger partial charge in [0.25, 0.3) is 0 Å². The Bertz CT molecular complexity index is 322. The van der Waals surface area contributed by atoms with Gasteiger partial charge in [-0.15, -0.1) is 0 Å². The molecule has 0 radical (unpaired) electrons. The van der Waals surface area contributed by atoms with Gasteiger partial charge in [-0.2, -0.15) is 5.26 Å². The number of hydrogen-bond donors (Lipinski definition) is 2. The molecule has 0 aromatic carbocycles. The molecule has 68 valence electrons. The summed E-state index contributed by atoms with van der Waals surface area (Å²) in [4.78, 5) is 10.9. The van der Waals surface area contributed by atoms with Gasteiger partial charge in [0, 0.05) is 5.70 Å². The average molecular weight is 177 g/mol. The number of nitrogens with two attached hydrogens (primary N) is 2. The van der Waals surface area contributed by atoms with Crippen molar-refractivity contribution >= 4 is 5.91 Å². The number of hydrogen-bond acceptors (Lipinski definition) is 3. The zero-order chi connectivity index (χ0) is 9.84. The van der Waals surface area contributed by atoms with Crippen LogP contribution in [0.2, 0.25) is 0 Å². The van der Waals surface area contributed by atoms with Crippen molar-refractivity contribution in [3.8, 4) is 6.07 Å². The topological polar surface area (TPSA) is 92.9 Å². The Kier molecular flexibility index (Phi) is 2.70. The minimum atomic E-state index is -0.870. The van der Waals surface area contributed by atoms with Crippen LogP contribution in [0.3, 0.4) is 0 Å². The van der Waals surface area contributed by atoms with Gasteiger partial charge < -0.3 is 11.5 Å². The molecule has 0 bridgehead atoms. The Labute approximate surface area is 76.5 Å². The van der Waals surface area contributed by atoms with Gasteiger partial charge in [-0.25, -0.2) is 0 Å². The van der Waals surface area contributed by atoms with Crippen molar-refractivity contribution in [3.63, 3.8) is 0 Å². The number of nitriles is 1. The summed E-state index contributed by atoms with van der Waals surface area (Å²) in [6, 6.07) is 1.86. The third-order valence-corrected chi connectivity index (χ3v) is 2.01. The summed E-state index contributed by atoms with van der Waals surface area (Å²) in [6.45, 7) is 0. The lowest BCUT2D eigenvalue weighted by molar-refractivity contribution is -0.119. The zero-order valence-corrected chi connectivity index (χ0v) is 7.16. The number of carbonyl (C=O) groups excluding carboxylic acids is 1. The van der Waals surface area contributed by atoms with Gasteiger partial charge in [0.15, 0.2) is 0 Å². The molecule has 1 amide bonds. The van der Waals surface area contributed by atoms with Crippen LogP contribution in [0.25, 0.3) is 0 Å². The van der Waals surface area contributed by atoms with E-state index in [9.17, 15) is 4.79 Å². The Hall–Kier alpha value is -1.76. The predicted molar refractivity (Wildman–Crippen MR) is 47.9 cm³/mol. The summed E-state index contributed by atoms with van der Waals surface area (Å²) >= 11 is 0. The molecule has 4 heteroatoms. The number of amides is 1. The Balaban J connectivity index is 2.98. The lowest BCUT2D eigenvalue weighted by Crippen LogP contribution is -2.26. The van der Waals surface area contributed by atoms with Crippen LogP contribution in [0.5, 0.6) is 0 Å². The van der Waals surface area contributed by atoms with E-state index in [-0.39, 0.29) is 0 Å². The zero-order valence-electron chi connectivity index (χ0n) is 7.16. The number of carbonyl (C=O) groups is 1. The maximum Gasteiger partial charge on any atom is 0.239 e. The van der Waals surface area contributed by atoms with E-state index in [0.717, 1.165) is 6.42 Å². The molecule has 0 saturated heterocycles. The number of nitrogens with zero attached hydrogens (tertiary/aromatic N) is 1. The van der Waals surface area contributed by atoms with Crippen LogP contribution in [-0.2, 0) is 4.79 Å². The molecular weight excluding hydrogens is 166 g/mol. The van der Waals surface area contributed by atoms with Crippen LogP contribution >= 0.6 is 0 Å². The van der Waals surface area contributed by atoms with Gasteiger partial charge in [-0.1, -0.05) is 6.08 Å². The molecule has 1 unspecified atom stereocenters. The van der Waals surface area contributed by atoms with Crippen molar-refractivity contribution in [2.24, 2.45) is 17.4 Å². The molecule has 0 heterocycles. The smallest absolute Gasteiger partial charge is 0.239 e. The lowest BCUT2D eigenvalue weighted by atomic mass is 9.91. The highest BCUT2D eigenvalue weighted by molar-refractivity contribution is 5.82. The van der Waals surface area contributed by atoms with Crippen LogP contribution in [0, 0.1) is 17.2 Å². The van der Waals surface area contributed by atoms with Crippen molar-refractivity contribution in [2.45, 2.75) is 12.8 Å². The molecule has 0 saturated carbocycles. The minimum Gasteiger partial charge on any atom is -0.399 e. The van der Waals surface area contributed by atoms with Gasteiger partial charge in [-0.05, 0) is 24.5 Å². The van der Waals surface area contributed by atoms with Crippen LogP contribution in [-0.4, -0.2) is 5.91 Å². The summed E-state index contributed by atoms with van der Waals surface area (Å²) in [6.07, 6.45) is 5.07. The standard InChI is InChI=1S/C9H11N3O/c10-5-7(9(12)13)6-3-1-2-4-8(6)11/h2,4,7H,1,3,11H2,(H2,12,13). The summed E-state index contributed by atoms with van der Waals surface area (Å²) in [5, 5.41) is 8.70. The van der Waals surface area contributed by atoms with Crippen LogP contribution in [0.4, 0.5) is 0 Å². The number of primary amides is 1. The van der Waals surface area contributed by atoms with Gasteiger partial charge in [0.05, 0.1) is 6.07 Å². The van der Waals surface area contributed by atoms with Gasteiger partial charge in [-0.3, -0.25) is 4.79 Å². The maximum atomic E-state index is 10.9. The first kappa shape index (κ1) is 9.33. The third-order valence-electron chi connectivity index (χ3n) is 2.01. The molecule has 1 aliphatic carbocycles.